The van der Waals surface area contributed by atoms with Crippen LogP contribution < -0.4 is 0 Å². The summed E-state index contributed by atoms with van der Waals surface area (Å²) in [5, 5.41) is 8.85. The lowest BCUT2D eigenvalue weighted by atomic mass is 10.1. The summed E-state index contributed by atoms with van der Waals surface area (Å²) < 4.78 is 0.0728. The molecule has 0 aromatic rings. The van der Waals surface area contributed by atoms with E-state index in [9.17, 15) is 9.59 Å². The molecule has 110 valence electrons. The van der Waals surface area contributed by atoms with Gasteiger partial charge in [-0.2, -0.15) is 11.8 Å². The Morgan fingerprint density at radius 2 is 2.11 bits per heavy atom. The second-order valence-electron chi connectivity index (χ2n) is 5.55. The highest BCUT2D eigenvalue weighted by Crippen LogP contribution is 2.30. The van der Waals surface area contributed by atoms with Crippen LogP contribution in [-0.2, 0) is 4.79 Å². The molecule has 1 saturated heterocycles. The topological polar surface area (TPSA) is 60.9 Å². The minimum Gasteiger partial charge on any atom is -0.481 e. The van der Waals surface area contributed by atoms with Crippen molar-refractivity contribution >= 4 is 23.8 Å². The number of hydrogen-bond donors (Lipinski definition) is 1. The van der Waals surface area contributed by atoms with E-state index < -0.39 is 5.97 Å². The van der Waals surface area contributed by atoms with Crippen molar-refractivity contribution in [1.29, 1.82) is 0 Å². The Kier molecular flexibility index (Phi) is 5.52. The van der Waals surface area contributed by atoms with Gasteiger partial charge in [-0.25, -0.2) is 4.79 Å². The lowest BCUT2D eigenvalue weighted by Crippen LogP contribution is -2.53. The quantitative estimate of drug-likeness (QED) is 0.861. The van der Waals surface area contributed by atoms with Crippen molar-refractivity contribution in [3.8, 4) is 0 Å². The van der Waals surface area contributed by atoms with Gasteiger partial charge in [0.2, 0.25) is 0 Å². The summed E-state index contributed by atoms with van der Waals surface area (Å²) in [7, 11) is 0. The molecule has 5 nitrogen and oxygen atoms in total. The van der Waals surface area contributed by atoms with Crippen molar-refractivity contribution in [3.05, 3.63) is 0 Å². The molecule has 0 aliphatic carbocycles. The molecule has 1 aliphatic rings. The molecule has 0 bridgehead atoms. The number of thioether (sulfide) groups is 1. The monoisotopic (exact) mass is 288 g/mol. The van der Waals surface area contributed by atoms with Crippen molar-refractivity contribution in [2.24, 2.45) is 0 Å². The molecule has 6 heteroatoms. The fraction of sp³-hybridized carbons (Fsp3) is 0.846. The molecular formula is C13H24N2O3S. The van der Waals surface area contributed by atoms with Gasteiger partial charge in [0.15, 0.2) is 0 Å². The van der Waals surface area contributed by atoms with Crippen molar-refractivity contribution in [2.45, 2.75) is 44.9 Å². The van der Waals surface area contributed by atoms with Gasteiger partial charge in [-0.15, -0.1) is 0 Å². The predicted octanol–water partition coefficient (Wildman–Crippen LogP) is 2.12. The Hall–Kier alpha value is -0.910. The Morgan fingerprint density at radius 1 is 1.47 bits per heavy atom. The van der Waals surface area contributed by atoms with Crippen LogP contribution in [-0.4, -0.2) is 63.1 Å². The molecule has 1 N–H and O–H groups in total. The molecule has 1 fully saturated rings. The number of hydrogen-bond acceptors (Lipinski definition) is 3. The predicted molar refractivity (Wildman–Crippen MR) is 77.6 cm³/mol. The average molecular weight is 288 g/mol. The molecule has 1 rings (SSSR count). The van der Waals surface area contributed by atoms with Gasteiger partial charge in [-0.3, -0.25) is 4.79 Å². The van der Waals surface area contributed by atoms with E-state index in [4.69, 9.17) is 5.11 Å². The summed E-state index contributed by atoms with van der Waals surface area (Å²) in [5.74, 6) is 0.0668. The Bertz CT molecular complexity index is 347. The van der Waals surface area contributed by atoms with Crippen LogP contribution in [0.1, 0.15) is 34.1 Å². The molecule has 0 radical (unpaired) electrons. The zero-order chi connectivity index (χ0) is 14.6. The van der Waals surface area contributed by atoms with Gasteiger partial charge in [0.1, 0.15) is 0 Å². The Morgan fingerprint density at radius 3 is 2.58 bits per heavy atom. The van der Waals surface area contributed by atoms with Crippen molar-refractivity contribution in [1.82, 2.24) is 9.80 Å². The van der Waals surface area contributed by atoms with E-state index in [0.717, 1.165) is 12.3 Å². The van der Waals surface area contributed by atoms with Crippen LogP contribution >= 0.6 is 11.8 Å². The summed E-state index contributed by atoms with van der Waals surface area (Å²) in [5.41, 5.74) is 0. The van der Waals surface area contributed by atoms with E-state index in [2.05, 4.69) is 13.8 Å². The second-order valence-corrected chi connectivity index (χ2v) is 7.35. The molecular weight excluding hydrogens is 264 g/mol. The number of carboxylic acid groups (broad SMARTS) is 1. The van der Waals surface area contributed by atoms with Crippen LogP contribution in [0.25, 0.3) is 0 Å². The first-order valence-electron chi connectivity index (χ1n) is 6.68. The standard InChI is InChI=1S/C13H24N2O3S/c1-5-15(10(2)8-11(16)17)12(18)14-6-7-19-13(3,4)9-14/h10H,5-9H2,1-4H3,(H,16,17). The second kappa shape index (κ2) is 6.50. The minimum absolute atomic E-state index is 0.00837. The van der Waals surface area contributed by atoms with E-state index >= 15 is 0 Å². The van der Waals surface area contributed by atoms with Crippen LogP contribution in [0.2, 0.25) is 0 Å². The number of rotatable bonds is 4. The number of nitrogens with zero attached hydrogens (tertiary/aromatic N) is 2. The van der Waals surface area contributed by atoms with E-state index in [0.29, 0.717) is 13.1 Å². The molecule has 0 spiro atoms. The molecule has 0 aromatic carbocycles. The SMILES string of the molecule is CCN(C(=O)N1CCSC(C)(C)C1)C(C)CC(=O)O. The van der Waals surface area contributed by atoms with Gasteiger partial charge in [0, 0.05) is 36.2 Å². The van der Waals surface area contributed by atoms with Gasteiger partial charge >= 0.3 is 12.0 Å². The van der Waals surface area contributed by atoms with Crippen molar-refractivity contribution < 1.29 is 14.7 Å². The zero-order valence-corrected chi connectivity index (χ0v) is 13.0. The van der Waals surface area contributed by atoms with Gasteiger partial charge < -0.3 is 14.9 Å². The highest BCUT2D eigenvalue weighted by molar-refractivity contribution is 8.00. The maximum atomic E-state index is 12.5. The van der Waals surface area contributed by atoms with Crippen LogP contribution in [0.5, 0.6) is 0 Å². The number of carbonyl (C=O) groups is 2. The molecule has 2 amide bonds. The fourth-order valence-corrected chi connectivity index (χ4v) is 3.47. The van der Waals surface area contributed by atoms with E-state index in [1.165, 1.54) is 0 Å². The number of amides is 2. The van der Waals surface area contributed by atoms with Gasteiger partial charge in [-0.1, -0.05) is 0 Å². The largest absolute Gasteiger partial charge is 0.481 e. The van der Waals surface area contributed by atoms with E-state index in [-0.39, 0.29) is 23.2 Å². The van der Waals surface area contributed by atoms with Gasteiger partial charge in [0.25, 0.3) is 0 Å². The smallest absolute Gasteiger partial charge is 0.320 e. The van der Waals surface area contributed by atoms with Gasteiger partial charge in [0.05, 0.1) is 6.42 Å². The van der Waals surface area contributed by atoms with Crippen LogP contribution in [0.3, 0.4) is 0 Å². The molecule has 0 aromatic heterocycles. The fourth-order valence-electron chi connectivity index (χ4n) is 2.36. The Balaban J connectivity index is 2.70. The first-order chi connectivity index (χ1) is 8.76. The van der Waals surface area contributed by atoms with E-state index in [1.54, 1.807) is 11.8 Å². The molecule has 1 unspecified atom stereocenters. The van der Waals surface area contributed by atoms with Crippen molar-refractivity contribution in [3.63, 3.8) is 0 Å². The summed E-state index contributed by atoms with van der Waals surface area (Å²) in [6.07, 6.45) is -0.00837. The highest BCUT2D eigenvalue weighted by Gasteiger charge is 2.33. The maximum Gasteiger partial charge on any atom is 0.320 e. The summed E-state index contributed by atoms with van der Waals surface area (Å²) in [4.78, 5) is 26.8. The number of aliphatic carboxylic acids is 1. The number of carboxylic acids is 1. The lowest BCUT2D eigenvalue weighted by Gasteiger charge is -2.41. The molecule has 0 saturated carbocycles. The third kappa shape index (κ3) is 4.60. The highest BCUT2D eigenvalue weighted by atomic mass is 32.2. The van der Waals surface area contributed by atoms with Crippen molar-refractivity contribution in [2.75, 3.05) is 25.4 Å². The van der Waals surface area contributed by atoms with Crippen LogP contribution in [0.4, 0.5) is 4.79 Å². The third-order valence-electron chi connectivity index (χ3n) is 3.28. The van der Waals surface area contributed by atoms with E-state index in [1.807, 2.05) is 23.6 Å². The first-order valence-corrected chi connectivity index (χ1v) is 7.66. The summed E-state index contributed by atoms with van der Waals surface area (Å²) >= 11 is 1.87. The molecule has 19 heavy (non-hydrogen) atoms. The normalized spacial score (nSPS) is 19.9. The van der Waals surface area contributed by atoms with Gasteiger partial charge in [-0.05, 0) is 27.7 Å². The molecule has 1 heterocycles. The average Bonchev–Trinajstić information content (AvgIpc) is 2.27. The first kappa shape index (κ1) is 16.1. The van der Waals surface area contributed by atoms with Crippen LogP contribution in [0, 0.1) is 0 Å². The third-order valence-corrected chi connectivity index (χ3v) is 4.58. The Labute approximate surface area is 119 Å². The van der Waals surface area contributed by atoms with Crippen LogP contribution in [0.15, 0.2) is 0 Å². The molecule has 1 aliphatic heterocycles. The maximum absolute atomic E-state index is 12.5. The summed E-state index contributed by atoms with van der Waals surface area (Å²) in [6, 6.07) is -0.308. The zero-order valence-electron chi connectivity index (χ0n) is 12.2. The summed E-state index contributed by atoms with van der Waals surface area (Å²) in [6.45, 7) is 9.94. The number of urea groups is 1. The number of carbonyl (C=O) groups excluding carboxylic acids is 1. The molecule has 1 atom stereocenters. The minimum atomic E-state index is -0.867. The lowest BCUT2D eigenvalue weighted by molar-refractivity contribution is -0.138.